The molecule has 33 heavy (non-hydrogen) atoms. The molecular formula is C27H27F2N2O2+. The molecule has 0 spiro atoms. The summed E-state index contributed by atoms with van der Waals surface area (Å²) in [5, 5.41) is 14.1. The van der Waals surface area contributed by atoms with E-state index >= 15 is 0 Å². The number of benzene rings is 3. The first-order valence-corrected chi connectivity index (χ1v) is 11.4. The molecule has 0 aromatic heterocycles. The largest absolute Gasteiger partial charge is 0.435 e. The van der Waals surface area contributed by atoms with Crippen LogP contribution in [0.2, 0.25) is 0 Å². The Labute approximate surface area is 192 Å². The lowest BCUT2D eigenvalue weighted by atomic mass is 9.93. The summed E-state index contributed by atoms with van der Waals surface area (Å²) >= 11 is 0. The van der Waals surface area contributed by atoms with Crippen molar-refractivity contribution in [2.45, 2.75) is 38.0 Å². The smallest absolute Gasteiger partial charge is 0.387 e. The third kappa shape index (κ3) is 4.23. The number of ether oxygens (including phenoxy) is 1. The second kappa shape index (κ2) is 8.94. The summed E-state index contributed by atoms with van der Waals surface area (Å²) in [4.78, 5) is 0. The van der Waals surface area contributed by atoms with E-state index in [1.807, 2.05) is 30.3 Å². The van der Waals surface area contributed by atoms with Crippen molar-refractivity contribution in [3.63, 3.8) is 0 Å². The van der Waals surface area contributed by atoms with Crippen LogP contribution < -0.4 is 4.74 Å². The number of hydrazine groups is 1. The molecule has 1 saturated heterocycles. The lowest BCUT2D eigenvalue weighted by Gasteiger charge is -2.30. The number of halogens is 2. The molecule has 1 unspecified atom stereocenters. The van der Waals surface area contributed by atoms with E-state index in [-0.39, 0.29) is 5.75 Å². The number of nitrogens with zero attached hydrogens (tertiary/aromatic N) is 2. The van der Waals surface area contributed by atoms with Crippen molar-refractivity contribution in [2.75, 3.05) is 13.1 Å². The monoisotopic (exact) mass is 449 g/mol. The predicted octanol–water partition coefficient (Wildman–Crippen LogP) is 5.41. The molecule has 0 aliphatic carbocycles. The van der Waals surface area contributed by atoms with Gasteiger partial charge in [0, 0.05) is 17.5 Å². The number of hydrogen-bond donors (Lipinski definition) is 1. The van der Waals surface area contributed by atoms with E-state index in [4.69, 9.17) is 0 Å². The van der Waals surface area contributed by atoms with Gasteiger partial charge >= 0.3 is 6.61 Å². The van der Waals surface area contributed by atoms with Crippen LogP contribution in [0.4, 0.5) is 8.78 Å². The van der Waals surface area contributed by atoms with Crippen LogP contribution in [0.1, 0.15) is 36.8 Å². The minimum absolute atomic E-state index is 0.131. The quantitative estimate of drug-likeness (QED) is 0.530. The Hall–Kier alpha value is -3.25. The highest BCUT2D eigenvalue weighted by Crippen LogP contribution is 2.39. The minimum Gasteiger partial charge on any atom is -0.435 e. The molecule has 0 saturated carbocycles. The van der Waals surface area contributed by atoms with Crippen molar-refractivity contribution in [3.8, 4) is 16.9 Å². The van der Waals surface area contributed by atoms with E-state index in [9.17, 15) is 13.9 Å². The Balaban J connectivity index is 1.48. The molecule has 0 bridgehead atoms. The van der Waals surface area contributed by atoms with Gasteiger partial charge in [-0.2, -0.15) is 8.78 Å². The average Bonchev–Trinajstić information content (AvgIpc) is 2.98. The molecule has 4 nitrogen and oxygen atoms in total. The standard InChI is InChI=1S/C27H27F2N2O2/c28-26(29)33-24-15-11-22(12-16-24)25-19-27(32,31-18-6-2-5-17-30(25)31)23-13-9-21(10-14-23)20-7-3-1-4-8-20/h1,3-4,7-16,26,32H,2,5-6,17-19H2/q+1. The first-order chi connectivity index (χ1) is 16.0. The molecule has 0 amide bonds. The fourth-order valence-corrected chi connectivity index (χ4v) is 4.91. The number of hydrogen-bond acceptors (Lipinski definition) is 3. The Morgan fingerprint density at radius 1 is 0.818 bits per heavy atom. The Morgan fingerprint density at radius 2 is 1.48 bits per heavy atom. The molecular weight excluding hydrogens is 422 g/mol. The summed E-state index contributed by atoms with van der Waals surface area (Å²) in [6.45, 7) is -1.28. The van der Waals surface area contributed by atoms with Crippen LogP contribution in [0.15, 0.2) is 78.9 Å². The van der Waals surface area contributed by atoms with Gasteiger partial charge in [0.25, 0.3) is 0 Å². The van der Waals surface area contributed by atoms with Crippen LogP contribution >= 0.6 is 0 Å². The molecule has 170 valence electrons. The molecule has 0 radical (unpaired) electrons. The third-order valence-corrected chi connectivity index (χ3v) is 6.55. The predicted molar refractivity (Wildman–Crippen MR) is 123 cm³/mol. The van der Waals surface area contributed by atoms with Gasteiger partial charge < -0.3 is 9.84 Å². The van der Waals surface area contributed by atoms with E-state index in [1.54, 1.807) is 24.3 Å². The van der Waals surface area contributed by atoms with E-state index in [1.165, 1.54) is 0 Å². The van der Waals surface area contributed by atoms with Crippen LogP contribution in [-0.2, 0) is 5.72 Å². The second-order valence-electron chi connectivity index (χ2n) is 8.59. The van der Waals surface area contributed by atoms with Crippen molar-refractivity contribution < 1.29 is 23.3 Å². The van der Waals surface area contributed by atoms with E-state index in [2.05, 4.69) is 38.7 Å². The fraction of sp³-hybridized carbons (Fsp3) is 0.296. The molecule has 1 atom stereocenters. The van der Waals surface area contributed by atoms with Crippen molar-refractivity contribution in [3.05, 3.63) is 90.0 Å². The SMILES string of the molecule is OC1(c2ccc(-c3ccccc3)cc2)CC(c2ccc(OC(F)F)cc2)=[N+]2CCCCCN21. The molecule has 1 fully saturated rings. The van der Waals surface area contributed by atoms with Gasteiger partial charge in [-0.15, -0.1) is 9.69 Å². The molecule has 5 rings (SSSR count). The molecule has 6 heteroatoms. The summed E-state index contributed by atoms with van der Waals surface area (Å²) in [7, 11) is 0. The van der Waals surface area contributed by atoms with Gasteiger partial charge in [-0.25, -0.2) is 0 Å². The van der Waals surface area contributed by atoms with E-state index < -0.39 is 12.3 Å². The van der Waals surface area contributed by atoms with Gasteiger partial charge in [0.1, 0.15) is 5.75 Å². The Morgan fingerprint density at radius 3 is 2.18 bits per heavy atom. The first-order valence-electron chi connectivity index (χ1n) is 11.4. The Kier molecular flexibility index (Phi) is 5.85. The molecule has 3 aromatic carbocycles. The second-order valence-corrected chi connectivity index (χ2v) is 8.59. The molecule has 2 aliphatic heterocycles. The van der Waals surface area contributed by atoms with Gasteiger partial charge in [-0.1, -0.05) is 54.6 Å². The van der Waals surface area contributed by atoms with Crippen molar-refractivity contribution in [1.29, 1.82) is 0 Å². The van der Waals surface area contributed by atoms with Gasteiger partial charge in [0.2, 0.25) is 11.4 Å². The number of alkyl halides is 2. The summed E-state index contributed by atoms with van der Waals surface area (Å²) in [5.74, 6) is 0.131. The highest BCUT2D eigenvalue weighted by molar-refractivity contribution is 5.98. The molecule has 2 aliphatic rings. The van der Waals surface area contributed by atoms with Gasteiger partial charge in [-0.05, 0) is 48.2 Å². The molecule has 1 N–H and O–H groups in total. The van der Waals surface area contributed by atoms with Crippen LogP contribution in [0.25, 0.3) is 11.1 Å². The van der Waals surface area contributed by atoms with Gasteiger partial charge in [0.15, 0.2) is 6.54 Å². The highest BCUT2D eigenvalue weighted by atomic mass is 19.3. The molecule has 3 aromatic rings. The zero-order chi connectivity index (χ0) is 22.8. The maximum atomic E-state index is 12.5. The number of aliphatic hydroxyl groups is 1. The van der Waals surface area contributed by atoms with Gasteiger partial charge in [-0.3, -0.25) is 0 Å². The van der Waals surface area contributed by atoms with E-state index in [0.29, 0.717) is 6.42 Å². The number of fused-ring (bicyclic) bond motifs is 1. The van der Waals surface area contributed by atoms with Crippen LogP contribution in [0, 0.1) is 0 Å². The van der Waals surface area contributed by atoms with Crippen LogP contribution in [-0.4, -0.2) is 40.2 Å². The summed E-state index contributed by atoms with van der Waals surface area (Å²) in [5.41, 5.74) is 3.83. The van der Waals surface area contributed by atoms with Crippen molar-refractivity contribution in [1.82, 2.24) is 5.01 Å². The van der Waals surface area contributed by atoms with Gasteiger partial charge in [0.05, 0.1) is 13.0 Å². The average molecular weight is 450 g/mol. The van der Waals surface area contributed by atoms with Crippen LogP contribution in [0.3, 0.4) is 0 Å². The first kappa shape index (κ1) is 21.6. The van der Waals surface area contributed by atoms with Crippen molar-refractivity contribution >= 4 is 5.71 Å². The topological polar surface area (TPSA) is 35.7 Å². The summed E-state index contributed by atoms with van der Waals surface area (Å²) < 4.78 is 31.8. The number of hydrazone groups is 1. The zero-order valence-corrected chi connectivity index (χ0v) is 18.3. The molecule has 2 heterocycles. The maximum absolute atomic E-state index is 12.5. The normalized spacial score (nSPS) is 20.7. The van der Waals surface area contributed by atoms with Crippen LogP contribution in [0.5, 0.6) is 5.75 Å². The number of rotatable bonds is 5. The fourth-order valence-electron chi connectivity index (χ4n) is 4.91. The van der Waals surface area contributed by atoms with E-state index in [0.717, 1.165) is 60.3 Å². The third-order valence-electron chi connectivity index (χ3n) is 6.55. The Bertz CT molecular complexity index is 1130. The lowest BCUT2D eigenvalue weighted by molar-refractivity contribution is -0.706. The van der Waals surface area contributed by atoms with Crippen molar-refractivity contribution in [2.24, 2.45) is 0 Å². The minimum atomic E-state index is -2.85. The summed E-state index contributed by atoms with van der Waals surface area (Å²) in [6.07, 6.45) is 3.57. The maximum Gasteiger partial charge on any atom is 0.387 e. The summed E-state index contributed by atoms with van der Waals surface area (Å²) in [6, 6.07) is 25.0. The lowest BCUT2D eigenvalue weighted by Crippen LogP contribution is -2.46. The highest BCUT2D eigenvalue weighted by Gasteiger charge is 2.52. The zero-order valence-electron chi connectivity index (χ0n) is 18.3.